The van der Waals surface area contributed by atoms with Crippen LogP contribution in [-0.2, 0) is 6.54 Å². The molecule has 8 heteroatoms. The van der Waals surface area contributed by atoms with Crippen molar-refractivity contribution in [2.75, 3.05) is 19.4 Å². The molecule has 2 amide bonds. The molecule has 0 aliphatic rings. The van der Waals surface area contributed by atoms with Crippen molar-refractivity contribution in [2.24, 2.45) is 0 Å². The fraction of sp³-hybridized carbons (Fsp3) is 0.294. The Bertz CT molecular complexity index is 861. The topological polar surface area (TPSA) is 84.3 Å². The predicted molar refractivity (Wildman–Crippen MR) is 96.2 cm³/mol. The number of nitrogens with zero attached hydrogens (tertiary/aromatic N) is 3. The van der Waals surface area contributed by atoms with E-state index in [-0.39, 0.29) is 17.2 Å². The Morgan fingerprint density at radius 3 is 2.60 bits per heavy atom. The van der Waals surface area contributed by atoms with E-state index < -0.39 is 5.91 Å². The van der Waals surface area contributed by atoms with Crippen molar-refractivity contribution in [3.8, 4) is 0 Å². The highest BCUT2D eigenvalue weighted by atomic mass is 35.5. The second-order valence-corrected chi connectivity index (χ2v) is 6.04. The third-order valence-electron chi connectivity index (χ3n) is 3.40. The van der Waals surface area contributed by atoms with Gasteiger partial charge in [-0.2, -0.15) is 5.10 Å². The van der Waals surface area contributed by atoms with E-state index in [9.17, 15) is 14.4 Å². The normalized spacial score (nSPS) is 10.4. The lowest BCUT2D eigenvalue weighted by Crippen LogP contribution is -2.26. The molecule has 0 bridgehead atoms. The van der Waals surface area contributed by atoms with E-state index in [1.54, 1.807) is 26.2 Å². The summed E-state index contributed by atoms with van der Waals surface area (Å²) in [6.45, 7) is 2.33. The summed E-state index contributed by atoms with van der Waals surface area (Å²) in [7, 11) is 3.27. The smallest absolute Gasteiger partial charge is 0.276 e. The van der Waals surface area contributed by atoms with E-state index in [0.29, 0.717) is 22.8 Å². The molecule has 0 unspecified atom stereocenters. The minimum atomic E-state index is -0.513. The van der Waals surface area contributed by atoms with Gasteiger partial charge in [0.2, 0.25) is 0 Å². The fourth-order valence-electron chi connectivity index (χ4n) is 2.14. The monoisotopic (exact) mass is 362 g/mol. The van der Waals surface area contributed by atoms with Crippen LogP contribution >= 0.6 is 11.6 Å². The van der Waals surface area contributed by atoms with Crippen LogP contribution in [0, 0.1) is 0 Å². The second-order valence-electron chi connectivity index (χ2n) is 5.63. The molecule has 2 rings (SSSR count). The summed E-state index contributed by atoms with van der Waals surface area (Å²) >= 11 is 6.10. The van der Waals surface area contributed by atoms with Gasteiger partial charge in [-0.05, 0) is 30.7 Å². The van der Waals surface area contributed by atoms with Gasteiger partial charge in [0.25, 0.3) is 17.4 Å². The van der Waals surface area contributed by atoms with E-state index in [4.69, 9.17) is 11.6 Å². The van der Waals surface area contributed by atoms with Crippen molar-refractivity contribution >= 4 is 29.1 Å². The first kappa shape index (κ1) is 18.7. The summed E-state index contributed by atoms with van der Waals surface area (Å²) in [6, 6.07) is 7.28. The summed E-state index contributed by atoms with van der Waals surface area (Å²) in [4.78, 5) is 37.6. The van der Waals surface area contributed by atoms with Gasteiger partial charge in [-0.25, -0.2) is 4.68 Å². The summed E-state index contributed by atoms with van der Waals surface area (Å²) < 4.78 is 1.24. The fourth-order valence-corrected chi connectivity index (χ4v) is 2.31. The molecule has 0 spiro atoms. The Balaban J connectivity index is 2.29. The molecule has 1 N–H and O–H groups in total. The van der Waals surface area contributed by atoms with Crippen molar-refractivity contribution in [3.63, 3.8) is 0 Å². The number of nitrogens with one attached hydrogen (secondary N) is 1. The maximum absolute atomic E-state index is 12.4. The SMILES string of the molecule is CCCn1nc(C(=O)Nc2cc(C(=O)N(C)C)ccc2Cl)ccc1=O. The van der Waals surface area contributed by atoms with Gasteiger partial charge < -0.3 is 10.2 Å². The van der Waals surface area contributed by atoms with Gasteiger partial charge in [-0.1, -0.05) is 18.5 Å². The summed E-state index contributed by atoms with van der Waals surface area (Å²) in [5, 5.41) is 6.97. The maximum Gasteiger partial charge on any atom is 0.276 e. The molecule has 0 saturated carbocycles. The van der Waals surface area contributed by atoms with Crippen LogP contribution in [0.15, 0.2) is 35.1 Å². The summed E-state index contributed by atoms with van der Waals surface area (Å²) in [6.07, 6.45) is 0.721. The summed E-state index contributed by atoms with van der Waals surface area (Å²) in [5.74, 6) is -0.719. The molecular weight excluding hydrogens is 344 g/mol. The van der Waals surface area contributed by atoms with Crippen LogP contribution in [0.1, 0.15) is 34.2 Å². The number of halogens is 1. The first-order valence-electron chi connectivity index (χ1n) is 7.74. The quantitative estimate of drug-likeness (QED) is 0.884. The number of amides is 2. The third kappa shape index (κ3) is 4.45. The van der Waals surface area contributed by atoms with E-state index >= 15 is 0 Å². The number of anilines is 1. The largest absolute Gasteiger partial charge is 0.345 e. The molecule has 1 aromatic heterocycles. The van der Waals surface area contributed by atoms with Gasteiger partial charge in [-0.3, -0.25) is 14.4 Å². The Morgan fingerprint density at radius 1 is 1.24 bits per heavy atom. The average molecular weight is 363 g/mol. The highest BCUT2D eigenvalue weighted by molar-refractivity contribution is 6.34. The van der Waals surface area contributed by atoms with Crippen molar-refractivity contribution in [3.05, 3.63) is 57.0 Å². The highest BCUT2D eigenvalue weighted by Crippen LogP contribution is 2.24. The number of hydrogen-bond donors (Lipinski definition) is 1. The lowest BCUT2D eigenvalue weighted by Gasteiger charge is -2.13. The number of carbonyl (C=O) groups is 2. The molecule has 0 fully saturated rings. The number of carbonyl (C=O) groups excluding carboxylic acids is 2. The van der Waals surface area contributed by atoms with Crippen LogP contribution in [0.3, 0.4) is 0 Å². The molecule has 0 saturated heterocycles. The zero-order chi connectivity index (χ0) is 18.6. The molecule has 1 heterocycles. The van der Waals surface area contributed by atoms with Crippen LogP contribution in [0.25, 0.3) is 0 Å². The van der Waals surface area contributed by atoms with Crippen molar-refractivity contribution in [1.82, 2.24) is 14.7 Å². The van der Waals surface area contributed by atoms with Crippen LogP contribution in [0.2, 0.25) is 5.02 Å². The van der Waals surface area contributed by atoms with Gasteiger partial charge in [0.05, 0.1) is 10.7 Å². The number of benzene rings is 1. The Morgan fingerprint density at radius 2 is 1.96 bits per heavy atom. The van der Waals surface area contributed by atoms with Gasteiger partial charge in [0.1, 0.15) is 5.69 Å². The molecule has 7 nitrogen and oxygen atoms in total. The van der Waals surface area contributed by atoms with Crippen LogP contribution in [0.4, 0.5) is 5.69 Å². The first-order valence-corrected chi connectivity index (χ1v) is 8.12. The zero-order valence-corrected chi connectivity index (χ0v) is 15.0. The van der Waals surface area contributed by atoms with Crippen molar-refractivity contribution in [1.29, 1.82) is 0 Å². The van der Waals surface area contributed by atoms with Crippen LogP contribution in [-0.4, -0.2) is 40.6 Å². The van der Waals surface area contributed by atoms with Gasteiger partial charge >= 0.3 is 0 Å². The molecule has 0 atom stereocenters. The molecule has 0 aliphatic heterocycles. The average Bonchev–Trinajstić information content (AvgIpc) is 2.58. The van der Waals surface area contributed by atoms with Crippen molar-refractivity contribution < 1.29 is 9.59 Å². The lowest BCUT2D eigenvalue weighted by atomic mass is 10.1. The Kier molecular flexibility index (Phi) is 5.93. The second kappa shape index (κ2) is 7.94. The predicted octanol–water partition coefficient (Wildman–Crippen LogP) is 2.26. The third-order valence-corrected chi connectivity index (χ3v) is 3.73. The molecule has 0 aliphatic carbocycles. The van der Waals surface area contributed by atoms with Crippen LogP contribution in [0.5, 0.6) is 0 Å². The minimum absolute atomic E-state index is 0.0912. The van der Waals surface area contributed by atoms with Gasteiger partial charge in [-0.15, -0.1) is 0 Å². The van der Waals surface area contributed by atoms with E-state index in [1.807, 2.05) is 6.92 Å². The van der Waals surface area contributed by atoms with E-state index in [0.717, 1.165) is 6.42 Å². The maximum atomic E-state index is 12.4. The molecule has 132 valence electrons. The Hall–Kier alpha value is -2.67. The molecular formula is C17H19ClN4O3. The number of hydrogen-bond acceptors (Lipinski definition) is 4. The Labute approximate surface area is 150 Å². The molecule has 1 aromatic carbocycles. The number of rotatable bonds is 5. The minimum Gasteiger partial charge on any atom is -0.345 e. The molecule has 25 heavy (non-hydrogen) atoms. The molecule has 2 aromatic rings. The van der Waals surface area contributed by atoms with Gasteiger partial charge in [0.15, 0.2) is 0 Å². The highest BCUT2D eigenvalue weighted by Gasteiger charge is 2.15. The first-order chi connectivity index (χ1) is 11.8. The zero-order valence-electron chi connectivity index (χ0n) is 14.2. The lowest BCUT2D eigenvalue weighted by molar-refractivity contribution is 0.0827. The van der Waals surface area contributed by atoms with Gasteiger partial charge in [0, 0.05) is 32.3 Å². The standard InChI is InChI=1S/C17H19ClN4O3/c1-4-9-22-15(23)8-7-13(20-22)16(24)19-14-10-11(5-6-12(14)18)17(25)21(2)3/h5-8,10H,4,9H2,1-3H3,(H,19,24). The van der Waals surface area contributed by atoms with E-state index in [2.05, 4.69) is 10.4 Å². The van der Waals surface area contributed by atoms with Crippen molar-refractivity contribution in [2.45, 2.75) is 19.9 Å². The number of aromatic nitrogens is 2. The summed E-state index contributed by atoms with van der Waals surface area (Å²) in [5.41, 5.74) is 0.520. The number of aryl methyl sites for hydroxylation is 1. The van der Waals surface area contributed by atoms with Crippen LogP contribution < -0.4 is 10.9 Å². The molecule has 0 radical (unpaired) electrons. The van der Waals surface area contributed by atoms with E-state index in [1.165, 1.54) is 27.8 Å².